The number of alkyl halides is 3. The first-order valence-corrected chi connectivity index (χ1v) is 7.31. The van der Waals surface area contributed by atoms with E-state index in [2.05, 4.69) is 0 Å². The monoisotopic (exact) mass is 343 g/mol. The Morgan fingerprint density at radius 2 is 1.75 bits per heavy atom. The molecule has 0 saturated carbocycles. The number of amides is 1. The number of hydrogen-bond acceptors (Lipinski definition) is 3. The van der Waals surface area contributed by atoms with Gasteiger partial charge in [0.2, 0.25) is 0 Å². The van der Waals surface area contributed by atoms with Crippen LogP contribution in [0.25, 0.3) is 6.08 Å². The standard InChI is InChI=1S/C17H20F3NO3/c1-16(2,3)24-14(22)13(21-15(23)17(18,19)20)11-7-10-12-8-5-4-6-9-12/h4-10,13H,11H2,1-3H3,(H,21,23)/b10-7+/t13-/m0/s1. The van der Waals surface area contributed by atoms with Gasteiger partial charge >= 0.3 is 18.1 Å². The second kappa shape index (κ2) is 7.99. The van der Waals surface area contributed by atoms with Gasteiger partial charge in [0.1, 0.15) is 11.6 Å². The van der Waals surface area contributed by atoms with Crippen molar-refractivity contribution in [2.45, 2.75) is 45.0 Å². The van der Waals surface area contributed by atoms with Gasteiger partial charge in [0.05, 0.1) is 0 Å². The molecule has 0 aliphatic carbocycles. The molecule has 1 aromatic carbocycles. The molecule has 1 N–H and O–H groups in total. The number of hydrogen-bond donors (Lipinski definition) is 1. The van der Waals surface area contributed by atoms with E-state index in [4.69, 9.17) is 4.74 Å². The SMILES string of the molecule is CC(C)(C)OC(=O)[C@H](C/C=C/c1ccccc1)NC(=O)C(F)(F)F. The van der Waals surface area contributed by atoms with Crippen molar-refractivity contribution in [3.8, 4) is 0 Å². The Labute approximate surface area is 138 Å². The Balaban J connectivity index is 2.82. The highest BCUT2D eigenvalue weighted by Crippen LogP contribution is 2.16. The predicted octanol–water partition coefficient (Wildman–Crippen LogP) is 3.48. The molecule has 0 fully saturated rings. The zero-order valence-corrected chi connectivity index (χ0v) is 13.7. The lowest BCUT2D eigenvalue weighted by Gasteiger charge is -2.24. The average Bonchev–Trinajstić information content (AvgIpc) is 2.44. The summed E-state index contributed by atoms with van der Waals surface area (Å²) in [5, 5.41) is 1.68. The molecule has 0 aliphatic heterocycles. The summed E-state index contributed by atoms with van der Waals surface area (Å²) in [5.74, 6) is -3.09. The summed E-state index contributed by atoms with van der Waals surface area (Å²) in [7, 11) is 0. The quantitative estimate of drug-likeness (QED) is 0.833. The first-order valence-electron chi connectivity index (χ1n) is 7.31. The maximum absolute atomic E-state index is 12.4. The van der Waals surface area contributed by atoms with Gasteiger partial charge in [0.25, 0.3) is 0 Å². The maximum atomic E-state index is 12.4. The Bertz CT molecular complexity index is 589. The minimum absolute atomic E-state index is 0.119. The number of rotatable bonds is 5. The van der Waals surface area contributed by atoms with Crippen LogP contribution in [0.1, 0.15) is 32.8 Å². The van der Waals surface area contributed by atoms with E-state index in [1.807, 2.05) is 6.07 Å². The van der Waals surface area contributed by atoms with Gasteiger partial charge < -0.3 is 10.1 Å². The van der Waals surface area contributed by atoms with Gasteiger partial charge in [-0.15, -0.1) is 0 Å². The molecule has 0 bridgehead atoms. The van der Waals surface area contributed by atoms with Crippen molar-refractivity contribution in [3.63, 3.8) is 0 Å². The highest BCUT2D eigenvalue weighted by Gasteiger charge is 2.41. The number of ether oxygens (including phenoxy) is 1. The van der Waals surface area contributed by atoms with E-state index in [0.717, 1.165) is 5.56 Å². The minimum Gasteiger partial charge on any atom is -0.458 e. The Hall–Kier alpha value is -2.31. The Kier molecular flexibility index (Phi) is 6.57. The van der Waals surface area contributed by atoms with Crippen molar-refractivity contribution in [2.24, 2.45) is 0 Å². The fourth-order valence-corrected chi connectivity index (χ4v) is 1.73. The predicted molar refractivity (Wildman–Crippen MR) is 83.9 cm³/mol. The highest BCUT2D eigenvalue weighted by atomic mass is 19.4. The molecule has 1 aromatic rings. The molecule has 24 heavy (non-hydrogen) atoms. The summed E-state index contributed by atoms with van der Waals surface area (Å²) in [4.78, 5) is 23.1. The summed E-state index contributed by atoms with van der Waals surface area (Å²) in [6.07, 6.45) is -2.02. The van der Waals surface area contributed by atoms with Crippen molar-refractivity contribution >= 4 is 18.0 Å². The van der Waals surface area contributed by atoms with Crippen LogP contribution >= 0.6 is 0 Å². The molecule has 132 valence electrons. The van der Waals surface area contributed by atoms with Crippen molar-refractivity contribution in [1.82, 2.24) is 5.32 Å². The van der Waals surface area contributed by atoms with Crippen LogP contribution < -0.4 is 5.32 Å². The van der Waals surface area contributed by atoms with Gasteiger partial charge in [-0.3, -0.25) is 4.79 Å². The van der Waals surface area contributed by atoms with Crippen molar-refractivity contribution in [3.05, 3.63) is 42.0 Å². The summed E-state index contributed by atoms with van der Waals surface area (Å²) in [6.45, 7) is 4.77. The van der Waals surface area contributed by atoms with Gasteiger partial charge in [0, 0.05) is 0 Å². The molecule has 0 spiro atoms. The van der Waals surface area contributed by atoms with Gasteiger partial charge in [0.15, 0.2) is 0 Å². The second-order valence-electron chi connectivity index (χ2n) is 6.11. The third-order valence-electron chi connectivity index (χ3n) is 2.74. The molecular formula is C17H20F3NO3. The third-order valence-corrected chi connectivity index (χ3v) is 2.74. The number of esters is 1. The van der Waals surface area contributed by atoms with Crippen LogP contribution in [0, 0.1) is 0 Å². The van der Waals surface area contributed by atoms with Gasteiger partial charge in [-0.05, 0) is 32.8 Å². The maximum Gasteiger partial charge on any atom is 0.471 e. The fourth-order valence-electron chi connectivity index (χ4n) is 1.73. The summed E-state index contributed by atoms with van der Waals surface area (Å²) in [5.41, 5.74) is -0.0517. The molecule has 1 amide bonds. The van der Waals surface area contributed by atoms with E-state index in [1.54, 1.807) is 56.4 Å². The van der Waals surface area contributed by atoms with Gasteiger partial charge in [-0.25, -0.2) is 4.79 Å². The fraction of sp³-hybridized carbons (Fsp3) is 0.412. The molecule has 1 atom stereocenters. The molecule has 0 aromatic heterocycles. The minimum atomic E-state index is -5.07. The molecular weight excluding hydrogens is 323 g/mol. The lowest BCUT2D eigenvalue weighted by atomic mass is 10.1. The normalized spacial score (nSPS) is 13.6. The van der Waals surface area contributed by atoms with Crippen LogP contribution in [0.15, 0.2) is 36.4 Å². The number of benzene rings is 1. The van der Waals surface area contributed by atoms with Crippen LogP contribution in [-0.4, -0.2) is 29.7 Å². The number of nitrogens with one attached hydrogen (secondary N) is 1. The molecule has 0 unspecified atom stereocenters. The second-order valence-corrected chi connectivity index (χ2v) is 6.11. The van der Waals surface area contributed by atoms with Crippen molar-refractivity contribution < 1.29 is 27.5 Å². The van der Waals surface area contributed by atoms with E-state index in [9.17, 15) is 22.8 Å². The molecule has 1 rings (SSSR count). The molecule has 7 heteroatoms. The van der Waals surface area contributed by atoms with Crippen LogP contribution in [0.4, 0.5) is 13.2 Å². The zero-order chi connectivity index (χ0) is 18.4. The van der Waals surface area contributed by atoms with E-state index in [0.29, 0.717) is 0 Å². The van der Waals surface area contributed by atoms with Crippen LogP contribution in [-0.2, 0) is 14.3 Å². The molecule has 4 nitrogen and oxygen atoms in total. The smallest absolute Gasteiger partial charge is 0.458 e. The molecule has 0 saturated heterocycles. The lowest BCUT2D eigenvalue weighted by Crippen LogP contribution is -2.48. The van der Waals surface area contributed by atoms with Gasteiger partial charge in [-0.1, -0.05) is 42.5 Å². The zero-order valence-electron chi connectivity index (χ0n) is 13.7. The van der Waals surface area contributed by atoms with Crippen LogP contribution in [0.3, 0.4) is 0 Å². The number of carbonyl (C=O) groups is 2. The highest BCUT2D eigenvalue weighted by molar-refractivity contribution is 5.87. The number of halogens is 3. The Morgan fingerprint density at radius 3 is 2.25 bits per heavy atom. The van der Waals surface area contributed by atoms with Crippen molar-refractivity contribution in [2.75, 3.05) is 0 Å². The molecule has 0 radical (unpaired) electrons. The van der Waals surface area contributed by atoms with E-state index >= 15 is 0 Å². The molecule has 0 heterocycles. The van der Waals surface area contributed by atoms with Crippen LogP contribution in [0.2, 0.25) is 0 Å². The topological polar surface area (TPSA) is 55.4 Å². The van der Waals surface area contributed by atoms with Crippen molar-refractivity contribution in [1.29, 1.82) is 0 Å². The third kappa shape index (κ3) is 7.30. The summed E-state index contributed by atoms with van der Waals surface area (Å²) in [6, 6.07) is 7.61. The average molecular weight is 343 g/mol. The van der Waals surface area contributed by atoms with E-state index in [1.165, 1.54) is 6.08 Å². The van der Waals surface area contributed by atoms with Gasteiger partial charge in [-0.2, -0.15) is 13.2 Å². The lowest BCUT2D eigenvalue weighted by molar-refractivity contribution is -0.177. The van der Waals surface area contributed by atoms with E-state index in [-0.39, 0.29) is 6.42 Å². The largest absolute Gasteiger partial charge is 0.471 e. The summed E-state index contributed by atoms with van der Waals surface area (Å²) < 4.78 is 42.3. The first kappa shape index (κ1) is 19.7. The Morgan fingerprint density at radius 1 is 1.17 bits per heavy atom. The first-order chi connectivity index (χ1) is 11.0. The molecule has 0 aliphatic rings. The summed E-state index contributed by atoms with van der Waals surface area (Å²) >= 11 is 0. The van der Waals surface area contributed by atoms with E-state index < -0.39 is 29.7 Å². The number of carbonyl (C=O) groups excluding carboxylic acids is 2. The van der Waals surface area contributed by atoms with Crippen LogP contribution in [0.5, 0.6) is 0 Å².